The van der Waals surface area contributed by atoms with Crippen LogP contribution in [0, 0.1) is 5.41 Å². The lowest BCUT2D eigenvalue weighted by atomic mass is 9.94. The van der Waals surface area contributed by atoms with Crippen LogP contribution in [-0.4, -0.2) is 57.3 Å². The summed E-state index contributed by atoms with van der Waals surface area (Å²) in [6.45, 7) is 6.81. The number of aromatic nitrogens is 3. The highest BCUT2D eigenvalue weighted by atomic mass is 32.2. The minimum atomic E-state index is -3.32. The zero-order chi connectivity index (χ0) is 15.7. The number of sulfonamides is 1. The van der Waals surface area contributed by atoms with Crippen molar-refractivity contribution in [3.63, 3.8) is 0 Å². The van der Waals surface area contributed by atoms with Gasteiger partial charge in [-0.2, -0.15) is 4.31 Å². The molecule has 0 aromatic carbocycles. The molecule has 120 valence electrons. The molecule has 1 saturated heterocycles. The van der Waals surface area contributed by atoms with Crippen molar-refractivity contribution in [2.45, 2.75) is 45.8 Å². The molecule has 0 spiro atoms. The van der Waals surface area contributed by atoms with Crippen molar-refractivity contribution in [2.24, 2.45) is 5.41 Å². The Bertz CT molecular complexity index is 565. The maximum atomic E-state index is 12.3. The van der Waals surface area contributed by atoms with E-state index in [0.717, 1.165) is 0 Å². The normalized spacial score (nSPS) is 24.6. The molecule has 1 unspecified atom stereocenters. The van der Waals surface area contributed by atoms with Crippen LogP contribution in [0.3, 0.4) is 0 Å². The quantitative estimate of drug-likeness (QED) is 0.853. The van der Waals surface area contributed by atoms with Gasteiger partial charge in [-0.25, -0.2) is 13.1 Å². The molecule has 21 heavy (non-hydrogen) atoms. The fourth-order valence-corrected chi connectivity index (χ4v) is 4.30. The number of hydrogen-bond donors (Lipinski definition) is 1. The third kappa shape index (κ3) is 4.49. The number of β-amino-alcohol motifs (C(OH)–C–C–N with tert-alkyl or cyclic N) is 1. The van der Waals surface area contributed by atoms with Gasteiger partial charge in [-0.05, 0) is 18.3 Å². The van der Waals surface area contributed by atoms with E-state index in [1.54, 1.807) is 6.20 Å². The van der Waals surface area contributed by atoms with Gasteiger partial charge in [0.1, 0.15) is 0 Å². The molecule has 1 N–H and O–H groups in total. The lowest BCUT2D eigenvalue weighted by molar-refractivity contribution is 0.0341. The summed E-state index contributed by atoms with van der Waals surface area (Å²) in [4.78, 5) is 0. The van der Waals surface area contributed by atoms with Crippen molar-refractivity contribution in [3.8, 4) is 0 Å². The van der Waals surface area contributed by atoms with Crippen LogP contribution in [0.2, 0.25) is 0 Å². The SMILES string of the molecule is CC(C)(C)CCS(=O)(=O)N1CCC(O)(Cn2ccnn2)C1. The van der Waals surface area contributed by atoms with E-state index < -0.39 is 15.6 Å². The van der Waals surface area contributed by atoms with Crippen LogP contribution >= 0.6 is 0 Å². The van der Waals surface area contributed by atoms with Gasteiger partial charge in [0.05, 0.1) is 24.1 Å². The molecule has 1 aliphatic heterocycles. The predicted octanol–water partition coefficient (Wildman–Crippen LogP) is 0.481. The van der Waals surface area contributed by atoms with E-state index in [9.17, 15) is 13.5 Å². The summed E-state index contributed by atoms with van der Waals surface area (Å²) in [5.41, 5.74) is -1.09. The van der Waals surface area contributed by atoms with Gasteiger partial charge in [0.15, 0.2) is 0 Å². The summed E-state index contributed by atoms with van der Waals surface area (Å²) in [5, 5.41) is 18.0. The van der Waals surface area contributed by atoms with Gasteiger partial charge in [-0.15, -0.1) is 5.10 Å². The summed E-state index contributed by atoms with van der Waals surface area (Å²) < 4.78 is 27.6. The van der Waals surface area contributed by atoms with Gasteiger partial charge < -0.3 is 5.11 Å². The lowest BCUT2D eigenvalue weighted by Gasteiger charge is -2.24. The molecule has 1 aromatic rings. The molecule has 1 atom stereocenters. The Balaban J connectivity index is 1.97. The zero-order valence-electron chi connectivity index (χ0n) is 12.9. The third-order valence-electron chi connectivity index (χ3n) is 3.73. The Morgan fingerprint density at radius 2 is 2.10 bits per heavy atom. The molecule has 0 radical (unpaired) electrons. The highest BCUT2D eigenvalue weighted by molar-refractivity contribution is 7.89. The fourth-order valence-electron chi connectivity index (χ4n) is 2.37. The first-order chi connectivity index (χ1) is 9.60. The molecule has 2 rings (SSSR count). The first kappa shape index (κ1) is 16.4. The second kappa shape index (κ2) is 5.66. The second-order valence-corrected chi connectivity index (χ2v) is 9.12. The molecule has 1 aromatic heterocycles. The molecule has 0 amide bonds. The van der Waals surface area contributed by atoms with Gasteiger partial charge >= 0.3 is 0 Å². The Labute approximate surface area is 126 Å². The standard InChI is InChI=1S/C13H24N4O3S/c1-12(2,3)5-9-21(19,20)17-7-4-13(18,11-17)10-16-8-6-14-15-16/h6,8,18H,4-5,7,9-11H2,1-3H3. The summed E-state index contributed by atoms with van der Waals surface area (Å²) in [6.07, 6.45) is 4.22. The average molecular weight is 316 g/mol. The Kier molecular flexibility index (Phi) is 4.41. The van der Waals surface area contributed by atoms with Crippen LogP contribution in [0.15, 0.2) is 12.4 Å². The molecule has 0 saturated carbocycles. The average Bonchev–Trinajstić information content (AvgIpc) is 2.96. The van der Waals surface area contributed by atoms with Gasteiger partial charge in [0.2, 0.25) is 10.0 Å². The predicted molar refractivity (Wildman–Crippen MR) is 79.0 cm³/mol. The van der Waals surface area contributed by atoms with Crippen LogP contribution in [-0.2, 0) is 16.6 Å². The van der Waals surface area contributed by atoms with Crippen molar-refractivity contribution in [2.75, 3.05) is 18.8 Å². The number of hydrogen-bond acceptors (Lipinski definition) is 5. The second-order valence-electron chi connectivity index (χ2n) is 7.04. The van der Waals surface area contributed by atoms with Crippen LogP contribution < -0.4 is 0 Å². The summed E-state index contributed by atoms with van der Waals surface area (Å²) in [7, 11) is -3.32. The number of nitrogens with zero attached hydrogens (tertiary/aromatic N) is 4. The maximum Gasteiger partial charge on any atom is 0.214 e. The minimum absolute atomic E-state index is 0.0240. The first-order valence-corrected chi connectivity index (χ1v) is 8.75. The Morgan fingerprint density at radius 3 is 2.67 bits per heavy atom. The number of rotatable bonds is 5. The Hall–Kier alpha value is -0.990. The van der Waals surface area contributed by atoms with E-state index in [1.165, 1.54) is 15.2 Å². The van der Waals surface area contributed by atoms with E-state index in [4.69, 9.17) is 0 Å². The molecule has 0 bridgehead atoms. The topological polar surface area (TPSA) is 88.3 Å². The molecule has 2 heterocycles. The largest absolute Gasteiger partial charge is 0.387 e. The van der Waals surface area contributed by atoms with E-state index in [0.29, 0.717) is 19.4 Å². The van der Waals surface area contributed by atoms with Crippen molar-refractivity contribution in [3.05, 3.63) is 12.4 Å². The minimum Gasteiger partial charge on any atom is -0.387 e. The molecular formula is C13H24N4O3S. The highest BCUT2D eigenvalue weighted by Gasteiger charge is 2.41. The van der Waals surface area contributed by atoms with Crippen molar-refractivity contribution in [1.82, 2.24) is 19.3 Å². The molecule has 0 aliphatic carbocycles. The summed E-state index contributed by atoms with van der Waals surface area (Å²) in [5.74, 6) is 0.121. The van der Waals surface area contributed by atoms with Crippen LogP contribution in [0.5, 0.6) is 0 Å². The molecular weight excluding hydrogens is 292 g/mol. The van der Waals surface area contributed by atoms with Gasteiger partial charge in [-0.3, -0.25) is 0 Å². The van der Waals surface area contributed by atoms with E-state index >= 15 is 0 Å². The Morgan fingerprint density at radius 1 is 1.38 bits per heavy atom. The van der Waals surface area contributed by atoms with E-state index in [2.05, 4.69) is 10.3 Å². The molecule has 1 fully saturated rings. The van der Waals surface area contributed by atoms with Crippen molar-refractivity contribution >= 4 is 10.0 Å². The number of aliphatic hydroxyl groups is 1. The molecule has 8 heteroatoms. The maximum absolute atomic E-state index is 12.3. The summed E-state index contributed by atoms with van der Waals surface area (Å²) in [6, 6.07) is 0. The highest BCUT2D eigenvalue weighted by Crippen LogP contribution is 2.27. The molecule has 1 aliphatic rings. The van der Waals surface area contributed by atoms with Gasteiger partial charge in [0.25, 0.3) is 0 Å². The lowest BCUT2D eigenvalue weighted by Crippen LogP contribution is -2.40. The summed E-state index contributed by atoms with van der Waals surface area (Å²) >= 11 is 0. The fraction of sp³-hybridized carbons (Fsp3) is 0.846. The van der Waals surface area contributed by atoms with Gasteiger partial charge in [-0.1, -0.05) is 26.0 Å². The molecule has 7 nitrogen and oxygen atoms in total. The van der Waals surface area contributed by atoms with E-state index in [-0.39, 0.29) is 24.3 Å². The van der Waals surface area contributed by atoms with Crippen LogP contribution in [0.4, 0.5) is 0 Å². The third-order valence-corrected chi connectivity index (χ3v) is 5.55. The van der Waals surface area contributed by atoms with E-state index in [1.807, 2.05) is 20.8 Å². The van der Waals surface area contributed by atoms with Crippen LogP contribution in [0.25, 0.3) is 0 Å². The smallest absolute Gasteiger partial charge is 0.214 e. The van der Waals surface area contributed by atoms with Crippen molar-refractivity contribution in [1.29, 1.82) is 0 Å². The van der Waals surface area contributed by atoms with Crippen molar-refractivity contribution < 1.29 is 13.5 Å². The monoisotopic (exact) mass is 316 g/mol. The zero-order valence-corrected chi connectivity index (χ0v) is 13.7. The van der Waals surface area contributed by atoms with Crippen LogP contribution in [0.1, 0.15) is 33.6 Å². The van der Waals surface area contributed by atoms with Gasteiger partial charge in [0, 0.05) is 19.3 Å². The first-order valence-electron chi connectivity index (χ1n) is 7.14.